The van der Waals surface area contributed by atoms with Crippen molar-refractivity contribution in [3.05, 3.63) is 59.7 Å². The Balaban J connectivity index is 0.00000144. The van der Waals surface area contributed by atoms with Crippen LogP contribution in [-0.4, -0.2) is 0 Å². The lowest BCUT2D eigenvalue weighted by atomic mass is 9.90. The molecular weight excluding hydrogens is 204 g/mol. The van der Waals surface area contributed by atoms with Gasteiger partial charge in [0.2, 0.25) is 0 Å². The number of hydrogen-bond acceptors (Lipinski definition) is 0. The summed E-state index contributed by atoms with van der Waals surface area (Å²) in [4.78, 5) is 0. The fraction of sp³-hybridized carbons (Fsp3) is 0.176. The van der Waals surface area contributed by atoms with Crippen LogP contribution in [0.2, 0.25) is 0 Å². The highest BCUT2D eigenvalue weighted by Gasteiger charge is 2.09. The minimum atomic E-state index is 0. The predicted molar refractivity (Wildman–Crippen MR) is 80.3 cm³/mol. The average molecular weight is 224 g/mol. The van der Waals surface area contributed by atoms with Gasteiger partial charge in [-0.15, -0.1) is 0 Å². The molecule has 0 nitrogen and oxygen atoms in total. The first kappa shape index (κ1) is 13.2. The third-order valence-electron chi connectivity index (χ3n) is 3.24. The lowest BCUT2D eigenvalue weighted by Gasteiger charge is -2.14. The molecular formula is C17H20. The molecule has 0 amide bonds. The Morgan fingerprint density at radius 3 is 1.47 bits per heavy atom. The lowest BCUT2D eigenvalue weighted by molar-refractivity contribution is 1.41. The molecule has 0 saturated carbocycles. The summed E-state index contributed by atoms with van der Waals surface area (Å²) >= 11 is 0. The van der Waals surface area contributed by atoms with Crippen molar-refractivity contribution in [1.82, 2.24) is 0 Å². The van der Waals surface area contributed by atoms with Gasteiger partial charge in [-0.2, -0.15) is 0 Å². The first-order valence-electron chi connectivity index (χ1n) is 5.47. The van der Waals surface area contributed by atoms with Gasteiger partial charge in [-0.3, -0.25) is 0 Å². The number of benzene rings is 2. The summed E-state index contributed by atoms with van der Waals surface area (Å²) in [7, 11) is 0. The maximum Gasteiger partial charge on any atom is -0.0146 e. The zero-order valence-corrected chi connectivity index (χ0v) is 9.88. The third kappa shape index (κ3) is 1.91. The van der Waals surface area contributed by atoms with E-state index in [-0.39, 0.29) is 7.43 Å². The van der Waals surface area contributed by atoms with Crippen LogP contribution in [0, 0.1) is 13.8 Å². The van der Waals surface area contributed by atoms with Crippen molar-refractivity contribution in [1.29, 1.82) is 0 Å². The summed E-state index contributed by atoms with van der Waals surface area (Å²) in [6, 6.07) is 8.49. The second kappa shape index (κ2) is 5.01. The van der Waals surface area contributed by atoms with Gasteiger partial charge in [0.1, 0.15) is 0 Å². The monoisotopic (exact) mass is 224 g/mol. The van der Waals surface area contributed by atoms with Crippen LogP contribution in [0.25, 0.3) is 22.9 Å². The Labute approximate surface area is 104 Å². The summed E-state index contributed by atoms with van der Waals surface area (Å²) in [5, 5.41) is 2.61. The predicted octanol–water partition coefficient (Wildman–Crippen LogP) is 5.38. The first-order chi connectivity index (χ1) is 7.70. The summed E-state index contributed by atoms with van der Waals surface area (Å²) in [5.74, 6) is 0. The topological polar surface area (TPSA) is 0 Å². The molecule has 0 heteroatoms. The molecule has 0 heterocycles. The van der Waals surface area contributed by atoms with E-state index in [2.05, 4.69) is 51.3 Å². The number of aryl methyl sites for hydroxylation is 2. The van der Waals surface area contributed by atoms with Crippen molar-refractivity contribution < 1.29 is 0 Å². The largest absolute Gasteiger partial charge is 0.0984 e. The SMILES string of the molecule is C.C=Cc1c(C=C)c(C)c2ccccc2c1C. The molecule has 2 aromatic rings. The minimum absolute atomic E-state index is 0. The van der Waals surface area contributed by atoms with Gasteiger partial charge in [0.05, 0.1) is 0 Å². The molecule has 0 aromatic heterocycles. The molecule has 0 N–H and O–H groups in total. The lowest BCUT2D eigenvalue weighted by Crippen LogP contribution is -1.93. The molecule has 2 rings (SSSR count). The molecule has 2 aromatic carbocycles. The van der Waals surface area contributed by atoms with Gasteiger partial charge in [-0.25, -0.2) is 0 Å². The molecule has 0 radical (unpaired) electrons. The van der Waals surface area contributed by atoms with Crippen molar-refractivity contribution in [2.75, 3.05) is 0 Å². The smallest absolute Gasteiger partial charge is 0.0146 e. The number of fused-ring (bicyclic) bond motifs is 1. The third-order valence-corrected chi connectivity index (χ3v) is 3.24. The van der Waals surface area contributed by atoms with Crippen LogP contribution in [-0.2, 0) is 0 Å². The van der Waals surface area contributed by atoms with Gasteiger partial charge in [-0.1, -0.05) is 57.0 Å². The summed E-state index contributed by atoms with van der Waals surface area (Å²) in [5.41, 5.74) is 4.97. The zero-order valence-electron chi connectivity index (χ0n) is 9.88. The highest BCUT2D eigenvalue weighted by atomic mass is 14.1. The van der Waals surface area contributed by atoms with E-state index in [1.807, 2.05) is 12.2 Å². The molecule has 17 heavy (non-hydrogen) atoms. The van der Waals surface area contributed by atoms with E-state index in [1.54, 1.807) is 0 Å². The number of hydrogen-bond donors (Lipinski definition) is 0. The number of rotatable bonds is 2. The average Bonchev–Trinajstić information content (AvgIpc) is 2.33. The van der Waals surface area contributed by atoms with E-state index in [4.69, 9.17) is 0 Å². The molecule has 0 atom stereocenters. The van der Waals surface area contributed by atoms with E-state index in [0.717, 1.165) is 0 Å². The Bertz CT molecular complexity index is 522. The normalized spacial score (nSPS) is 9.76. The maximum absolute atomic E-state index is 3.90. The van der Waals surface area contributed by atoms with Crippen LogP contribution in [0.3, 0.4) is 0 Å². The summed E-state index contributed by atoms with van der Waals surface area (Å²) < 4.78 is 0. The molecule has 0 aliphatic heterocycles. The maximum atomic E-state index is 3.90. The van der Waals surface area contributed by atoms with E-state index in [1.165, 1.54) is 33.0 Å². The van der Waals surface area contributed by atoms with Crippen LogP contribution >= 0.6 is 0 Å². The van der Waals surface area contributed by atoms with E-state index in [0.29, 0.717) is 0 Å². The van der Waals surface area contributed by atoms with Crippen molar-refractivity contribution in [2.45, 2.75) is 21.3 Å². The van der Waals surface area contributed by atoms with E-state index >= 15 is 0 Å². The van der Waals surface area contributed by atoms with Crippen LogP contribution in [0.15, 0.2) is 37.4 Å². The van der Waals surface area contributed by atoms with E-state index < -0.39 is 0 Å². The Hall–Kier alpha value is -1.82. The molecule has 0 unspecified atom stereocenters. The molecule has 0 aliphatic rings. The van der Waals surface area contributed by atoms with Gasteiger partial charge < -0.3 is 0 Å². The Kier molecular flexibility index (Phi) is 3.90. The Morgan fingerprint density at radius 2 is 1.18 bits per heavy atom. The molecule has 0 spiro atoms. The minimum Gasteiger partial charge on any atom is -0.0984 e. The Morgan fingerprint density at radius 1 is 0.824 bits per heavy atom. The second-order valence-corrected chi connectivity index (χ2v) is 4.03. The van der Waals surface area contributed by atoms with Gasteiger partial charge >= 0.3 is 0 Å². The van der Waals surface area contributed by atoms with Crippen LogP contribution in [0.5, 0.6) is 0 Å². The molecule has 0 aliphatic carbocycles. The molecule has 88 valence electrons. The summed E-state index contributed by atoms with van der Waals surface area (Å²) in [6.45, 7) is 12.1. The van der Waals surface area contributed by atoms with Crippen molar-refractivity contribution >= 4 is 22.9 Å². The fourth-order valence-corrected chi connectivity index (χ4v) is 2.36. The second-order valence-electron chi connectivity index (χ2n) is 4.03. The highest BCUT2D eigenvalue weighted by Crippen LogP contribution is 2.30. The molecule has 0 saturated heterocycles. The van der Waals surface area contributed by atoms with Crippen molar-refractivity contribution in [3.63, 3.8) is 0 Å². The highest BCUT2D eigenvalue weighted by molar-refractivity contribution is 5.95. The molecule has 0 fully saturated rings. The molecule has 0 bridgehead atoms. The first-order valence-corrected chi connectivity index (χ1v) is 5.47. The van der Waals surface area contributed by atoms with Crippen LogP contribution in [0.1, 0.15) is 29.7 Å². The standard InChI is InChI=1S/C16H16.CH4/c1-5-13-11(3)15-9-7-8-10-16(15)12(4)14(13)6-2;/h5-10H,1-2H2,3-4H3;1H4. The van der Waals surface area contributed by atoms with Crippen molar-refractivity contribution in [3.8, 4) is 0 Å². The van der Waals surface area contributed by atoms with Gasteiger partial charge in [-0.05, 0) is 46.9 Å². The summed E-state index contributed by atoms with van der Waals surface area (Å²) in [6.07, 6.45) is 3.84. The zero-order chi connectivity index (χ0) is 11.7. The fourth-order valence-electron chi connectivity index (χ4n) is 2.36. The quantitative estimate of drug-likeness (QED) is 0.642. The van der Waals surface area contributed by atoms with Crippen LogP contribution in [0.4, 0.5) is 0 Å². The van der Waals surface area contributed by atoms with Gasteiger partial charge in [0.15, 0.2) is 0 Å². The van der Waals surface area contributed by atoms with Gasteiger partial charge in [0, 0.05) is 0 Å². The van der Waals surface area contributed by atoms with Gasteiger partial charge in [0.25, 0.3) is 0 Å². The van der Waals surface area contributed by atoms with E-state index in [9.17, 15) is 0 Å². The van der Waals surface area contributed by atoms with Crippen molar-refractivity contribution in [2.24, 2.45) is 0 Å². The van der Waals surface area contributed by atoms with Crippen LogP contribution < -0.4 is 0 Å².